The molecule has 1 heterocycles. The lowest BCUT2D eigenvalue weighted by Gasteiger charge is -2.10. The minimum atomic E-state index is -0.0777. The van der Waals surface area contributed by atoms with E-state index in [9.17, 15) is 4.79 Å². The molecule has 0 fully saturated rings. The van der Waals surface area contributed by atoms with Gasteiger partial charge in [0.1, 0.15) is 0 Å². The number of benzene rings is 2. The second kappa shape index (κ2) is 6.88. The lowest BCUT2D eigenvalue weighted by molar-refractivity contribution is 0.0951. The van der Waals surface area contributed by atoms with E-state index in [0.717, 1.165) is 22.3 Å². The molecule has 0 unspecified atom stereocenters. The van der Waals surface area contributed by atoms with E-state index in [1.54, 1.807) is 12.4 Å². The van der Waals surface area contributed by atoms with E-state index >= 15 is 0 Å². The molecule has 0 saturated heterocycles. The Morgan fingerprint density at radius 1 is 1.04 bits per heavy atom. The first-order chi connectivity index (χ1) is 11.2. The number of nitrogens with zero attached hydrogens (tertiary/aromatic N) is 1. The number of nitrogens with one attached hydrogen (secondary N) is 1. The Balaban J connectivity index is 1.79. The summed E-state index contributed by atoms with van der Waals surface area (Å²) in [6, 6.07) is 19.7. The molecule has 23 heavy (non-hydrogen) atoms. The van der Waals surface area contributed by atoms with Crippen LogP contribution in [0, 0.1) is 6.92 Å². The zero-order valence-corrected chi connectivity index (χ0v) is 13.0. The molecule has 3 nitrogen and oxygen atoms in total. The molecule has 0 aliphatic heterocycles. The molecule has 0 radical (unpaired) electrons. The van der Waals surface area contributed by atoms with Crippen LogP contribution < -0.4 is 5.32 Å². The molecule has 1 N–H and O–H groups in total. The second-order valence-electron chi connectivity index (χ2n) is 5.44. The molecule has 3 aromatic rings. The van der Waals surface area contributed by atoms with Gasteiger partial charge in [-0.3, -0.25) is 9.78 Å². The van der Waals surface area contributed by atoms with Crippen molar-refractivity contribution >= 4 is 5.91 Å². The maximum atomic E-state index is 12.4. The highest BCUT2D eigenvalue weighted by atomic mass is 16.1. The van der Waals surface area contributed by atoms with Crippen LogP contribution >= 0.6 is 0 Å². The third-order valence-electron chi connectivity index (χ3n) is 3.76. The molecule has 0 aliphatic rings. The number of aryl methyl sites for hydroxylation is 1. The largest absolute Gasteiger partial charge is 0.348 e. The van der Waals surface area contributed by atoms with Crippen molar-refractivity contribution in [1.29, 1.82) is 0 Å². The van der Waals surface area contributed by atoms with E-state index < -0.39 is 0 Å². The summed E-state index contributed by atoms with van der Waals surface area (Å²) in [5.74, 6) is -0.0777. The van der Waals surface area contributed by atoms with Crippen LogP contribution in [0.15, 0.2) is 73.1 Å². The van der Waals surface area contributed by atoms with E-state index in [1.807, 2.05) is 48.5 Å². The quantitative estimate of drug-likeness (QED) is 0.792. The highest BCUT2D eigenvalue weighted by molar-refractivity contribution is 5.95. The molecule has 114 valence electrons. The van der Waals surface area contributed by atoms with Crippen LogP contribution in [0.3, 0.4) is 0 Å². The number of rotatable bonds is 4. The molecule has 1 amide bonds. The van der Waals surface area contributed by atoms with Gasteiger partial charge in [0.2, 0.25) is 0 Å². The van der Waals surface area contributed by atoms with Gasteiger partial charge in [-0.25, -0.2) is 0 Å². The lowest BCUT2D eigenvalue weighted by Crippen LogP contribution is -2.22. The highest BCUT2D eigenvalue weighted by Crippen LogP contribution is 2.24. The van der Waals surface area contributed by atoms with Gasteiger partial charge in [0.05, 0.1) is 0 Å². The van der Waals surface area contributed by atoms with E-state index in [0.29, 0.717) is 12.1 Å². The molecule has 1 aromatic heterocycles. The summed E-state index contributed by atoms with van der Waals surface area (Å²) in [6.45, 7) is 2.53. The minimum absolute atomic E-state index is 0.0777. The SMILES string of the molecule is Cc1ccc(C(=O)NCc2cccnc2)cc1-c1ccccc1. The Hall–Kier alpha value is -2.94. The number of carbonyl (C=O) groups excluding carboxylic acids is 1. The van der Waals surface area contributed by atoms with Crippen molar-refractivity contribution in [2.24, 2.45) is 0 Å². The van der Waals surface area contributed by atoms with Gasteiger partial charge in [0.15, 0.2) is 0 Å². The molecule has 0 bridgehead atoms. The summed E-state index contributed by atoms with van der Waals surface area (Å²) in [5.41, 5.74) is 5.00. The number of hydrogen-bond acceptors (Lipinski definition) is 2. The van der Waals surface area contributed by atoms with Gasteiger partial charge < -0.3 is 5.32 Å². The van der Waals surface area contributed by atoms with Crippen molar-refractivity contribution in [3.8, 4) is 11.1 Å². The normalized spacial score (nSPS) is 10.3. The van der Waals surface area contributed by atoms with E-state index in [-0.39, 0.29) is 5.91 Å². The zero-order chi connectivity index (χ0) is 16.1. The number of carbonyl (C=O) groups is 1. The molecule has 2 aromatic carbocycles. The molecule has 0 atom stereocenters. The molecular formula is C20H18N2O. The second-order valence-corrected chi connectivity index (χ2v) is 5.44. The Labute approximate surface area is 136 Å². The van der Waals surface area contributed by atoms with E-state index in [1.165, 1.54) is 0 Å². The third-order valence-corrected chi connectivity index (χ3v) is 3.76. The molecular weight excluding hydrogens is 284 g/mol. The van der Waals surface area contributed by atoms with Gasteiger partial charge in [-0.2, -0.15) is 0 Å². The fraction of sp³-hybridized carbons (Fsp3) is 0.100. The number of hydrogen-bond donors (Lipinski definition) is 1. The summed E-state index contributed by atoms with van der Waals surface area (Å²) in [6.07, 6.45) is 3.47. The van der Waals surface area contributed by atoms with E-state index in [4.69, 9.17) is 0 Å². The van der Waals surface area contributed by atoms with Gasteiger partial charge in [-0.1, -0.05) is 42.5 Å². The Morgan fingerprint density at radius 2 is 1.87 bits per heavy atom. The number of aromatic nitrogens is 1. The zero-order valence-electron chi connectivity index (χ0n) is 13.0. The first kappa shape index (κ1) is 15.0. The van der Waals surface area contributed by atoms with Crippen molar-refractivity contribution in [2.45, 2.75) is 13.5 Å². The minimum Gasteiger partial charge on any atom is -0.348 e. The van der Waals surface area contributed by atoms with Gasteiger partial charge in [0, 0.05) is 24.5 Å². The average Bonchev–Trinajstić information content (AvgIpc) is 2.62. The third kappa shape index (κ3) is 3.64. The summed E-state index contributed by atoms with van der Waals surface area (Å²) in [5, 5.41) is 2.93. The maximum Gasteiger partial charge on any atom is 0.251 e. The topological polar surface area (TPSA) is 42.0 Å². The highest BCUT2D eigenvalue weighted by Gasteiger charge is 2.09. The van der Waals surface area contributed by atoms with Crippen LogP contribution in [0.25, 0.3) is 11.1 Å². The van der Waals surface area contributed by atoms with Crippen LogP contribution in [0.1, 0.15) is 21.5 Å². The van der Waals surface area contributed by atoms with Gasteiger partial charge >= 0.3 is 0 Å². The molecule has 0 spiro atoms. The van der Waals surface area contributed by atoms with Crippen molar-refractivity contribution in [3.05, 3.63) is 89.7 Å². The van der Waals surface area contributed by atoms with Gasteiger partial charge in [0.25, 0.3) is 5.91 Å². The van der Waals surface area contributed by atoms with Crippen molar-refractivity contribution in [1.82, 2.24) is 10.3 Å². The Morgan fingerprint density at radius 3 is 2.61 bits per heavy atom. The lowest BCUT2D eigenvalue weighted by atomic mass is 9.98. The number of pyridine rings is 1. The smallest absolute Gasteiger partial charge is 0.251 e. The maximum absolute atomic E-state index is 12.4. The van der Waals surface area contributed by atoms with Crippen LogP contribution in [-0.4, -0.2) is 10.9 Å². The summed E-state index contributed by atoms with van der Waals surface area (Å²) in [7, 11) is 0. The van der Waals surface area contributed by atoms with Gasteiger partial charge in [-0.05, 0) is 47.4 Å². The van der Waals surface area contributed by atoms with Crippen LogP contribution in [0.5, 0.6) is 0 Å². The fourth-order valence-corrected chi connectivity index (χ4v) is 2.48. The molecule has 3 rings (SSSR count). The van der Waals surface area contributed by atoms with Crippen LogP contribution in [0.4, 0.5) is 0 Å². The fourth-order valence-electron chi connectivity index (χ4n) is 2.48. The van der Waals surface area contributed by atoms with Crippen LogP contribution in [-0.2, 0) is 6.54 Å². The van der Waals surface area contributed by atoms with Crippen LogP contribution in [0.2, 0.25) is 0 Å². The average molecular weight is 302 g/mol. The molecule has 0 aliphatic carbocycles. The number of amides is 1. The Kier molecular flexibility index (Phi) is 4.48. The predicted octanol–water partition coefficient (Wildman–Crippen LogP) is 3.99. The van der Waals surface area contributed by atoms with Crippen molar-refractivity contribution < 1.29 is 4.79 Å². The first-order valence-electron chi connectivity index (χ1n) is 7.57. The van der Waals surface area contributed by atoms with Crippen molar-refractivity contribution in [2.75, 3.05) is 0 Å². The molecule has 0 saturated carbocycles. The summed E-state index contributed by atoms with van der Waals surface area (Å²) >= 11 is 0. The van der Waals surface area contributed by atoms with Gasteiger partial charge in [-0.15, -0.1) is 0 Å². The monoisotopic (exact) mass is 302 g/mol. The van der Waals surface area contributed by atoms with Crippen molar-refractivity contribution in [3.63, 3.8) is 0 Å². The summed E-state index contributed by atoms with van der Waals surface area (Å²) < 4.78 is 0. The first-order valence-corrected chi connectivity index (χ1v) is 7.57. The van der Waals surface area contributed by atoms with E-state index in [2.05, 4.69) is 29.4 Å². The standard InChI is InChI=1S/C20H18N2O/c1-15-9-10-18(12-19(15)17-7-3-2-4-8-17)20(23)22-14-16-6-5-11-21-13-16/h2-13H,14H2,1H3,(H,22,23). The predicted molar refractivity (Wildman–Crippen MR) is 92.0 cm³/mol. The summed E-state index contributed by atoms with van der Waals surface area (Å²) in [4.78, 5) is 16.4. The Bertz CT molecular complexity index is 798. The molecule has 3 heteroatoms.